The molecular formula is C23H29N5O3. The lowest BCUT2D eigenvalue weighted by Gasteiger charge is -2.24. The second kappa shape index (κ2) is 10.1. The van der Waals surface area contributed by atoms with Crippen LogP contribution in [0.5, 0.6) is 5.75 Å². The van der Waals surface area contributed by atoms with Crippen molar-refractivity contribution in [3.63, 3.8) is 0 Å². The Morgan fingerprint density at radius 3 is 2.71 bits per heavy atom. The molecule has 1 unspecified atom stereocenters. The van der Waals surface area contributed by atoms with E-state index in [1.54, 1.807) is 36.3 Å². The zero-order chi connectivity index (χ0) is 22.4. The summed E-state index contributed by atoms with van der Waals surface area (Å²) in [4.78, 5) is 27.4. The molecule has 1 atom stereocenters. The number of aromatic nitrogens is 2. The van der Waals surface area contributed by atoms with Crippen molar-refractivity contribution < 1.29 is 14.3 Å². The van der Waals surface area contributed by atoms with Crippen molar-refractivity contribution in [2.75, 3.05) is 19.0 Å². The summed E-state index contributed by atoms with van der Waals surface area (Å²) < 4.78 is 6.97. The molecule has 1 saturated heterocycles. The maximum atomic E-state index is 12.9. The maximum Gasteiger partial charge on any atom is 0.247 e. The zero-order valence-corrected chi connectivity index (χ0v) is 18.4. The van der Waals surface area contributed by atoms with E-state index in [9.17, 15) is 9.59 Å². The van der Waals surface area contributed by atoms with Gasteiger partial charge in [-0.05, 0) is 62.9 Å². The van der Waals surface area contributed by atoms with Crippen LogP contribution in [0.1, 0.15) is 42.6 Å². The Kier molecular flexibility index (Phi) is 7.29. The third-order valence-electron chi connectivity index (χ3n) is 5.79. The van der Waals surface area contributed by atoms with Crippen LogP contribution in [0.2, 0.25) is 0 Å². The van der Waals surface area contributed by atoms with Crippen LogP contribution in [-0.4, -0.2) is 46.2 Å². The average molecular weight is 424 g/mol. The molecule has 8 heteroatoms. The highest BCUT2D eigenvalue weighted by molar-refractivity contribution is 5.97. The van der Waals surface area contributed by atoms with Crippen LogP contribution >= 0.6 is 0 Å². The molecule has 3 rings (SSSR count). The van der Waals surface area contributed by atoms with Gasteiger partial charge in [-0.1, -0.05) is 0 Å². The maximum absolute atomic E-state index is 12.9. The Morgan fingerprint density at radius 1 is 1.29 bits per heavy atom. The van der Waals surface area contributed by atoms with E-state index >= 15 is 0 Å². The second-order valence-electron chi connectivity index (χ2n) is 7.74. The third-order valence-corrected chi connectivity index (χ3v) is 5.79. The second-order valence-corrected chi connectivity index (χ2v) is 7.74. The number of likely N-dealkylation sites (tertiary alicyclic amines) is 1. The van der Waals surface area contributed by atoms with E-state index in [0.29, 0.717) is 44.5 Å². The fourth-order valence-electron chi connectivity index (χ4n) is 4.08. The third kappa shape index (κ3) is 5.23. The predicted molar refractivity (Wildman–Crippen MR) is 117 cm³/mol. The van der Waals surface area contributed by atoms with Crippen LogP contribution in [0.3, 0.4) is 0 Å². The number of carbonyl (C=O) groups is 2. The molecule has 8 nitrogen and oxygen atoms in total. The van der Waals surface area contributed by atoms with Gasteiger partial charge in [-0.15, -0.1) is 0 Å². The average Bonchev–Trinajstić information content (AvgIpc) is 3.36. The summed E-state index contributed by atoms with van der Waals surface area (Å²) in [5.41, 5.74) is 3.61. The van der Waals surface area contributed by atoms with Crippen LogP contribution in [0.4, 0.5) is 5.69 Å². The van der Waals surface area contributed by atoms with Gasteiger partial charge in [0, 0.05) is 24.3 Å². The number of aryl methyl sites for hydroxylation is 2. The number of benzene rings is 1. The lowest BCUT2D eigenvalue weighted by atomic mass is 10.1. The van der Waals surface area contributed by atoms with E-state index in [1.807, 2.05) is 18.5 Å². The molecule has 2 heterocycles. The Hall–Kier alpha value is -3.34. The number of nitrogens with one attached hydrogen (secondary N) is 1. The molecule has 1 aromatic carbocycles. The monoisotopic (exact) mass is 423 g/mol. The molecule has 1 aromatic heterocycles. The predicted octanol–water partition coefficient (Wildman–Crippen LogP) is 2.98. The van der Waals surface area contributed by atoms with Crippen LogP contribution in [0.15, 0.2) is 24.3 Å². The standard InChI is InChI=1S/C23H29N5O3/c1-16-20(17(2)28(26-16)15-5-13-24)11-12-22(29)27-14-4-6-21(27)23(30)25-18-7-9-19(31-3)10-8-18/h7-10,21H,4-6,11-12,14-15H2,1-3H3,(H,25,30). The van der Waals surface area contributed by atoms with E-state index in [-0.39, 0.29) is 11.8 Å². The summed E-state index contributed by atoms with van der Waals surface area (Å²) in [5.74, 6) is 0.542. The first-order chi connectivity index (χ1) is 14.9. The molecule has 0 spiro atoms. The highest BCUT2D eigenvalue weighted by atomic mass is 16.5. The molecule has 0 aliphatic carbocycles. The number of hydrogen-bond donors (Lipinski definition) is 1. The van der Waals surface area contributed by atoms with Crippen molar-refractivity contribution >= 4 is 17.5 Å². The smallest absolute Gasteiger partial charge is 0.247 e. The first kappa shape index (κ1) is 22.3. The SMILES string of the molecule is COc1ccc(NC(=O)C2CCCN2C(=O)CCc2c(C)nn(CCC#N)c2C)cc1. The summed E-state index contributed by atoms with van der Waals surface area (Å²) in [6, 6.07) is 8.83. The minimum Gasteiger partial charge on any atom is -0.497 e. The van der Waals surface area contributed by atoms with Gasteiger partial charge >= 0.3 is 0 Å². The molecule has 164 valence electrons. The normalized spacial score (nSPS) is 15.5. The number of nitriles is 1. The van der Waals surface area contributed by atoms with Crippen LogP contribution in [0.25, 0.3) is 0 Å². The summed E-state index contributed by atoms with van der Waals surface area (Å²) in [5, 5.41) is 16.2. The van der Waals surface area contributed by atoms with Gasteiger partial charge in [0.1, 0.15) is 11.8 Å². The van der Waals surface area contributed by atoms with E-state index < -0.39 is 6.04 Å². The summed E-state index contributed by atoms with van der Waals surface area (Å²) in [7, 11) is 1.59. The number of nitrogens with zero attached hydrogens (tertiary/aromatic N) is 4. The highest BCUT2D eigenvalue weighted by Gasteiger charge is 2.34. The van der Waals surface area contributed by atoms with E-state index in [4.69, 9.17) is 10.00 Å². The largest absolute Gasteiger partial charge is 0.497 e. The first-order valence-electron chi connectivity index (χ1n) is 10.6. The van der Waals surface area contributed by atoms with E-state index in [2.05, 4.69) is 16.5 Å². The molecule has 2 aromatic rings. The molecule has 1 aliphatic rings. The Morgan fingerprint density at radius 2 is 2.03 bits per heavy atom. The van der Waals surface area contributed by atoms with Crippen LogP contribution < -0.4 is 10.1 Å². The minimum absolute atomic E-state index is 0.0176. The first-order valence-corrected chi connectivity index (χ1v) is 10.6. The van der Waals surface area contributed by atoms with Gasteiger partial charge in [-0.25, -0.2) is 0 Å². The molecule has 2 amide bonds. The fourth-order valence-corrected chi connectivity index (χ4v) is 4.08. The van der Waals surface area contributed by atoms with Crippen molar-refractivity contribution in [2.45, 2.75) is 58.5 Å². The molecule has 1 aliphatic heterocycles. The number of methoxy groups -OCH3 is 1. The Bertz CT molecular complexity index is 974. The van der Waals surface area contributed by atoms with Gasteiger partial charge in [0.25, 0.3) is 0 Å². The van der Waals surface area contributed by atoms with Crippen molar-refractivity contribution in [1.29, 1.82) is 5.26 Å². The van der Waals surface area contributed by atoms with Crippen LogP contribution in [-0.2, 0) is 22.6 Å². The lowest BCUT2D eigenvalue weighted by Crippen LogP contribution is -2.43. The summed E-state index contributed by atoms with van der Waals surface area (Å²) in [6.07, 6.45) is 2.79. The van der Waals surface area contributed by atoms with Crippen molar-refractivity contribution in [2.24, 2.45) is 0 Å². The Labute approximate surface area is 182 Å². The molecule has 0 saturated carbocycles. The minimum atomic E-state index is -0.449. The summed E-state index contributed by atoms with van der Waals surface area (Å²) >= 11 is 0. The van der Waals surface area contributed by atoms with Crippen molar-refractivity contribution in [3.05, 3.63) is 41.2 Å². The van der Waals surface area contributed by atoms with Gasteiger partial charge in [0.05, 0.1) is 31.8 Å². The fraction of sp³-hybridized carbons (Fsp3) is 0.478. The molecule has 1 fully saturated rings. The molecule has 0 radical (unpaired) electrons. The Balaban J connectivity index is 1.60. The number of ether oxygens (including phenoxy) is 1. The van der Waals surface area contributed by atoms with Gasteiger partial charge in [0.2, 0.25) is 11.8 Å². The van der Waals surface area contributed by atoms with Gasteiger partial charge < -0.3 is 15.0 Å². The van der Waals surface area contributed by atoms with Crippen molar-refractivity contribution in [1.82, 2.24) is 14.7 Å². The lowest BCUT2D eigenvalue weighted by molar-refractivity contribution is -0.136. The molecule has 31 heavy (non-hydrogen) atoms. The van der Waals surface area contributed by atoms with E-state index in [1.165, 1.54) is 0 Å². The quantitative estimate of drug-likeness (QED) is 0.704. The van der Waals surface area contributed by atoms with Gasteiger partial charge in [0.15, 0.2) is 0 Å². The molecule has 0 bridgehead atoms. The summed E-state index contributed by atoms with van der Waals surface area (Å²) in [6.45, 7) is 5.05. The topological polar surface area (TPSA) is 100 Å². The van der Waals surface area contributed by atoms with Crippen LogP contribution in [0, 0.1) is 25.2 Å². The van der Waals surface area contributed by atoms with E-state index in [0.717, 1.165) is 29.1 Å². The number of hydrogen-bond acceptors (Lipinski definition) is 5. The molecule has 1 N–H and O–H groups in total. The molecular weight excluding hydrogens is 394 g/mol. The van der Waals surface area contributed by atoms with Gasteiger partial charge in [-0.3, -0.25) is 14.3 Å². The number of carbonyl (C=O) groups excluding carboxylic acids is 2. The number of amides is 2. The highest BCUT2D eigenvalue weighted by Crippen LogP contribution is 2.23. The number of rotatable bonds is 8. The number of anilines is 1. The zero-order valence-electron chi connectivity index (χ0n) is 18.4. The van der Waals surface area contributed by atoms with Gasteiger partial charge in [-0.2, -0.15) is 10.4 Å². The van der Waals surface area contributed by atoms with Crippen molar-refractivity contribution in [3.8, 4) is 11.8 Å².